The minimum atomic E-state index is -4.96. The summed E-state index contributed by atoms with van der Waals surface area (Å²) in [5, 5.41) is 10.6. The van der Waals surface area contributed by atoms with Gasteiger partial charge in [0.25, 0.3) is 0 Å². The van der Waals surface area contributed by atoms with Crippen LogP contribution in [0.3, 0.4) is 0 Å². The number of carbonyl (C=O) groups is 4. The van der Waals surface area contributed by atoms with Crippen molar-refractivity contribution in [2.75, 3.05) is 39.6 Å². The Morgan fingerprint density at radius 2 is 0.485 bits per heavy atom. The number of carbonyl (C=O) groups excluding carboxylic acids is 4. The molecule has 0 radical (unpaired) electrons. The van der Waals surface area contributed by atoms with E-state index in [0.717, 1.165) is 108 Å². The Morgan fingerprint density at radius 1 is 0.283 bits per heavy atom. The maximum atomic E-state index is 13.1. The van der Waals surface area contributed by atoms with Crippen molar-refractivity contribution in [3.05, 3.63) is 0 Å². The molecule has 19 heteroatoms. The number of phosphoric acid groups is 2. The third kappa shape index (κ3) is 71.5. The summed E-state index contributed by atoms with van der Waals surface area (Å²) in [6, 6.07) is 0. The molecule has 0 aromatic heterocycles. The molecule has 0 amide bonds. The van der Waals surface area contributed by atoms with Crippen LogP contribution in [0.5, 0.6) is 0 Å². The van der Waals surface area contributed by atoms with E-state index in [-0.39, 0.29) is 25.7 Å². The van der Waals surface area contributed by atoms with Crippen LogP contribution in [0, 0.1) is 11.8 Å². The molecule has 0 saturated heterocycles. The monoisotopic (exact) mass is 1450 g/mol. The highest BCUT2D eigenvalue weighted by molar-refractivity contribution is 7.47. The van der Waals surface area contributed by atoms with Crippen molar-refractivity contribution < 1.29 is 80.2 Å². The molecule has 0 aliphatic rings. The summed E-state index contributed by atoms with van der Waals surface area (Å²) in [5.41, 5.74) is 0. The molecule has 17 nitrogen and oxygen atoms in total. The Hall–Kier alpha value is -1.94. The van der Waals surface area contributed by atoms with E-state index in [1.165, 1.54) is 231 Å². The fraction of sp³-hybridized carbons (Fsp3) is 0.950. The van der Waals surface area contributed by atoms with Crippen molar-refractivity contribution in [2.45, 2.75) is 439 Å². The number of aliphatic hydroxyl groups is 1. The third-order valence-corrected chi connectivity index (χ3v) is 21.3. The molecule has 0 aliphatic carbocycles. The van der Waals surface area contributed by atoms with E-state index in [9.17, 15) is 43.2 Å². The van der Waals surface area contributed by atoms with Crippen LogP contribution in [0.25, 0.3) is 0 Å². The van der Waals surface area contributed by atoms with E-state index in [2.05, 4.69) is 41.5 Å². The smallest absolute Gasteiger partial charge is 0.462 e. The SMILES string of the molecule is CCCCCCCCCCCCCCCCCCCCCCC(=O)OC[C@H](COP(=O)(O)OC[C@@H](O)COP(=O)(O)OC[C@@H](COC(=O)CCCCCCC)OC(=O)CCCCCCCCCCC(C)CC)OC(=O)CCCCCCCCCCCCCCCCCCCCC(C)CC. The topological polar surface area (TPSA) is 237 Å². The van der Waals surface area contributed by atoms with E-state index < -0.39 is 97.5 Å². The molecule has 0 rings (SSSR count). The number of ether oxygens (including phenoxy) is 4. The lowest BCUT2D eigenvalue weighted by Gasteiger charge is -2.21. The maximum Gasteiger partial charge on any atom is 0.472 e. The highest BCUT2D eigenvalue weighted by Gasteiger charge is 2.30. The van der Waals surface area contributed by atoms with Crippen LogP contribution >= 0.6 is 15.6 Å². The van der Waals surface area contributed by atoms with E-state index in [0.29, 0.717) is 25.7 Å². The van der Waals surface area contributed by atoms with Gasteiger partial charge in [-0.3, -0.25) is 37.3 Å². The minimum absolute atomic E-state index is 0.104. The zero-order valence-electron chi connectivity index (χ0n) is 64.8. The van der Waals surface area contributed by atoms with E-state index in [1.54, 1.807) is 0 Å². The van der Waals surface area contributed by atoms with Crippen LogP contribution in [-0.4, -0.2) is 96.7 Å². The molecule has 0 aliphatic heterocycles. The van der Waals surface area contributed by atoms with Gasteiger partial charge in [-0.15, -0.1) is 0 Å². The first-order valence-corrected chi connectivity index (χ1v) is 44.6. The second-order valence-corrected chi connectivity index (χ2v) is 32.2. The summed E-state index contributed by atoms with van der Waals surface area (Å²) in [4.78, 5) is 72.6. The number of esters is 4. The Bertz CT molecular complexity index is 1910. The first-order valence-electron chi connectivity index (χ1n) is 41.6. The average Bonchev–Trinajstić information content (AvgIpc) is 1.02. The number of aliphatic hydroxyl groups excluding tert-OH is 1. The largest absolute Gasteiger partial charge is 0.472 e. The predicted octanol–water partition coefficient (Wildman–Crippen LogP) is 23.9. The molecule has 0 bridgehead atoms. The lowest BCUT2D eigenvalue weighted by molar-refractivity contribution is -0.161. The molecule has 0 fully saturated rings. The van der Waals surface area contributed by atoms with Crippen LogP contribution in [0.15, 0.2) is 0 Å². The zero-order valence-corrected chi connectivity index (χ0v) is 66.6. The van der Waals surface area contributed by atoms with Crippen LogP contribution in [-0.2, 0) is 65.4 Å². The third-order valence-electron chi connectivity index (χ3n) is 19.4. The van der Waals surface area contributed by atoms with E-state index in [4.69, 9.17) is 37.0 Å². The van der Waals surface area contributed by atoms with Crippen LogP contribution in [0.1, 0.15) is 420 Å². The summed E-state index contributed by atoms with van der Waals surface area (Å²) in [6.45, 7) is 9.59. The Morgan fingerprint density at radius 3 is 0.717 bits per heavy atom. The van der Waals surface area contributed by atoms with Gasteiger partial charge < -0.3 is 33.8 Å². The molecule has 0 spiro atoms. The van der Waals surface area contributed by atoms with Crippen molar-refractivity contribution in [2.24, 2.45) is 11.8 Å². The van der Waals surface area contributed by atoms with Gasteiger partial charge in [0.15, 0.2) is 12.2 Å². The molecular weight excluding hydrogens is 1290 g/mol. The summed E-state index contributed by atoms with van der Waals surface area (Å²) in [7, 11) is -9.91. The van der Waals surface area contributed by atoms with E-state index >= 15 is 0 Å². The molecule has 7 atom stereocenters. The molecule has 0 aromatic rings. The van der Waals surface area contributed by atoms with Gasteiger partial charge in [-0.2, -0.15) is 0 Å². The lowest BCUT2D eigenvalue weighted by Crippen LogP contribution is -2.30. The number of rotatable bonds is 79. The first-order chi connectivity index (χ1) is 47.9. The Balaban J connectivity index is 5.11. The molecule has 4 unspecified atom stereocenters. The maximum absolute atomic E-state index is 13.1. The number of unbranched alkanes of at least 4 members (excludes halogenated alkanes) is 47. The highest BCUT2D eigenvalue weighted by Crippen LogP contribution is 2.45. The van der Waals surface area contributed by atoms with Crippen molar-refractivity contribution in [3.63, 3.8) is 0 Å². The highest BCUT2D eigenvalue weighted by atomic mass is 31.2. The molecule has 588 valence electrons. The Kier molecular flexibility index (Phi) is 70.3. The van der Waals surface area contributed by atoms with Crippen molar-refractivity contribution in [1.82, 2.24) is 0 Å². The van der Waals surface area contributed by atoms with Gasteiger partial charge >= 0.3 is 39.5 Å². The van der Waals surface area contributed by atoms with Crippen LogP contribution in [0.2, 0.25) is 0 Å². The summed E-state index contributed by atoms with van der Waals surface area (Å²) < 4.78 is 68.4. The van der Waals surface area contributed by atoms with Crippen molar-refractivity contribution in [3.8, 4) is 0 Å². The summed E-state index contributed by atoms with van der Waals surface area (Å²) in [5.74, 6) is -0.484. The second kappa shape index (κ2) is 71.7. The molecule has 0 saturated carbocycles. The fourth-order valence-corrected chi connectivity index (χ4v) is 13.9. The van der Waals surface area contributed by atoms with E-state index in [1.807, 2.05) is 0 Å². The van der Waals surface area contributed by atoms with Crippen molar-refractivity contribution >= 4 is 39.5 Å². The van der Waals surface area contributed by atoms with Gasteiger partial charge in [0, 0.05) is 25.7 Å². The molecule has 0 aromatic carbocycles. The zero-order chi connectivity index (χ0) is 72.8. The van der Waals surface area contributed by atoms with Gasteiger partial charge in [0.2, 0.25) is 0 Å². The lowest BCUT2D eigenvalue weighted by atomic mass is 9.99. The van der Waals surface area contributed by atoms with Crippen molar-refractivity contribution in [1.29, 1.82) is 0 Å². The molecular formula is C80H156O17P2. The van der Waals surface area contributed by atoms with Gasteiger partial charge in [-0.25, -0.2) is 9.13 Å². The minimum Gasteiger partial charge on any atom is -0.462 e. The van der Waals surface area contributed by atoms with Crippen LogP contribution in [0.4, 0.5) is 0 Å². The predicted molar refractivity (Wildman–Crippen MR) is 405 cm³/mol. The van der Waals surface area contributed by atoms with Gasteiger partial charge in [0.1, 0.15) is 19.3 Å². The normalized spacial score (nSPS) is 14.5. The summed E-state index contributed by atoms with van der Waals surface area (Å²) >= 11 is 0. The summed E-state index contributed by atoms with van der Waals surface area (Å²) in [6.07, 6.45) is 61.6. The average molecular weight is 1450 g/mol. The molecule has 0 heterocycles. The first kappa shape index (κ1) is 97.1. The number of hydrogen-bond acceptors (Lipinski definition) is 15. The fourth-order valence-electron chi connectivity index (χ4n) is 12.3. The van der Waals surface area contributed by atoms with Gasteiger partial charge in [-0.05, 0) is 37.5 Å². The van der Waals surface area contributed by atoms with Crippen LogP contribution < -0.4 is 0 Å². The second-order valence-electron chi connectivity index (χ2n) is 29.3. The Labute approximate surface area is 607 Å². The standard InChI is InChI=1S/C80H156O17P2/c1-7-11-13-15-16-17-18-19-20-21-22-23-27-30-33-36-39-45-51-57-63-78(83)91-69-76(97-79(84)64-58-52-46-40-37-34-31-28-25-24-26-29-32-35-38-43-49-54-60-72(5)9-3)71-95-99(88,89)93-67-74(81)66-92-98(86,87)94-70-75(68-90-77(82)62-56-48-14-12-8-2)96-80(85)65-59-53-47-42-41-44-50-55-61-73(6)10-4/h72-76,81H,7-71H2,1-6H3,(H,86,87)(H,88,89)/t72?,73?,74-,75+,76+/m0/s1. The number of phosphoric ester groups is 2. The quantitative estimate of drug-likeness (QED) is 0.0222. The van der Waals surface area contributed by atoms with Gasteiger partial charge in [-0.1, -0.05) is 369 Å². The molecule has 99 heavy (non-hydrogen) atoms. The number of hydrogen-bond donors (Lipinski definition) is 3. The molecule has 3 N–H and O–H groups in total. The van der Waals surface area contributed by atoms with Gasteiger partial charge in [0.05, 0.1) is 26.4 Å².